The topological polar surface area (TPSA) is 61.8 Å². The number of nitrogens with one attached hydrogen (secondary N) is 1. The summed E-state index contributed by atoms with van der Waals surface area (Å²) < 4.78 is 16.8. The minimum atomic E-state index is -2.03. The standard InChI is InChI=1S/C15H21N3O2S2/c19-15(18-7-9-21-10-8-18)16-13-3-5-14(6-4-13)17-22(20)11-1-2-12-22/h3-6H,1-2,7-12H2,(H,16,19). The van der Waals surface area contributed by atoms with Gasteiger partial charge in [0, 0.05) is 41.8 Å². The van der Waals surface area contributed by atoms with E-state index in [-0.39, 0.29) is 6.03 Å². The van der Waals surface area contributed by atoms with Gasteiger partial charge in [-0.3, -0.25) is 0 Å². The molecule has 0 spiro atoms. The first-order valence-corrected chi connectivity index (χ1v) is 10.6. The number of hydrogen-bond acceptors (Lipinski definition) is 4. The second kappa shape index (κ2) is 6.91. The van der Waals surface area contributed by atoms with Gasteiger partial charge in [0.1, 0.15) is 0 Å². The average molecular weight is 339 g/mol. The van der Waals surface area contributed by atoms with Gasteiger partial charge in [-0.1, -0.05) is 0 Å². The van der Waals surface area contributed by atoms with Gasteiger partial charge in [0.2, 0.25) is 0 Å². The number of nitrogens with zero attached hydrogens (tertiary/aromatic N) is 2. The normalized spacial score (nSPS) is 20.6. The largest absolute Gasteiger partial charge is 0.323 e. The zero-order chi connectivity index (χ0) is 15.4. The van der Waals surface area contributed by atoms with E-state index in [9.17, 15) is 9.00 Å². The summed E-state index contributed by atoms with van der Waals surface area (Å²) in [5, 5.41) is 2.91. The van der Waals surface area contributed by atoms with Gasteiger partial charge in [0.15, 0.2) is 0 Å². The van der Waals surface area contributed by atoms with E-state index in [4.69, 9.17) is 0 Å². The second-order valence-electron chi connectivity index (χ2n) is 5.56. The summed E-state index contributed by atoms with van der Waals surface area (Å²) in [7, 11) is -2.03. The van der Waals surface area contributed by atoms with E-state index in [0.29, 0.717) is 11.5 Å². The first-order chi connectivity index (χ1) is 10.6. The third kappa shape index (κ3) is 3.95. The third-order valence-electron chi connectivity index (χ3n) is 3.87. The minimum Gasteiger partial charge on any atom is -0.323 e. The van der Waals surface area contributed by atoms with Crippen molar-refractivity contribution in [2.45, 2.75) is 12.8 Å². The number of carbonyl (C=O) groups excluding carboxylic acids is 1. The molecular weight excluding hydrogens is 318 g/mol. The number of thioether (sulfide) groups is 1. The van der Waals surface area contributed by atoms with Gasteiger partial charge in [0.25, 0.3) is 0 Å². The van der Waals surface area contributed by atoms with Crippen molar-refractivity contribution in [1.82, 2.24) is 4.90 Å². The molecule has 2 amide bonds. The Hall–Kier alpha value is -1.21. The molecule has 22 heavy (non-hydrogen) atoms. The van der Waals surface area contributed by atoms with Crippen LogP contribution in [0.2, 0.25) is 0 Å². The molecular formula is C15H21N3O2S2. The maximum Gasteiger partial charge on any atom is 0.321 e. The quantitative estimate of drug-likeness (QED) is 0.900. The monoisotopic (exact) mass is 339 g/mol. The maximum absolute atomic E-state index is 12.4. The number of hydrogen-bond donors (Lipinski definition) is 1. The summed E-state index contributed by atoms with van der Waals surface area (Å²) in [5.41, 5.74) is 1.49. The molecule has 2 saturated heterocycles. The highest BCUT2D eigenvalue weighted by Crippen LogP contribution is 2.22. The predicted octanol–water partition coefficient (Wildman–Crippen LogP) is 3.16. The number of anilines is 1. The van der Waals surface area contributed by atoms with E-state index in [1.54, 1.807) is 0 Å². The molecule has 120 valence electrons. The lowest BCUT2D eigenvalue weighted by atomic mass is 10.3. The van der Waals surface area contributed by atoms with Crippen LogP contribution in [0, 0.1) is 0 Å². The van der Waals surface area contributed by atoms with E-state index < -0.39 is 9.73 Å². The van der Waals surface area contributed by atoms with Gasteiger partial charge < -0.3 is 10.2 Å². The number of benzene rings is 1. The van der Waals surface area contributed by atoms with Gasteiger partial charge >= 0.3 is 6.03 Å². The van der Waals surface area contributed by atoms with Crippen LogP contribution in [0.15, 0.2) is 28.6 Å². The number of carbonyl (C=O) groups is 1. The smallest absolute Gasteiger partial charge is 0.321 e. The first-order valence-electron chi connectivity index (χ1n) is 7.61. The molecule has 0 aromatic heterocycles. The average Bonchev–Trinajstić information content (AvgIpc) is 2.96. The highest BCUT2D eigenvalue weighted by atomic mass is 32.2. The molecule has 0 saturated carbocycles. The summed E-state index contributed by atoms with van der Waals surface area (Å²) in [4.78, 5) is 14.0. The van der Waals surface area contributed by atoms with Crippen LogP contribution >= 0.6 is 11.8 Å². The zero-order valence-corrected chi connectivity index (χ0v) is 14.1. The van der Waals surface area contributed by atoms with E-state index in [1.165, 1.54) is 0 Å². The van der Waals surface area contributed by atoms with Crippen molar-refractivity contribution < 1.29 is 9.00 Å². The van der Waals surface area contributed by atoms with Gasteiger partial charge in [-0.2, -0.15) is 16.1 Å². The number of amides is 2. The minimum absolute atomic E-state index is 0.0494. The van der Waals surface area contributed by atoms with E-state index in [0.717, 1.165) is 48.8 Å². The summed E-state index contributed by atoms with van der Waals surface area (Å²) in [6.45, 7) is 1.60. The Morgan fingerprint density at radius 2 is 1.77 bits per heavy atom. The fraction of sp³-hybridized carbons (Fsp3) is 0.533. The van der Waals surface area contributed by atoms with Crippen molar-refractivity contribution in [1.29, 1.82) is 0 Å². The summed E-state index contributed by atoms with van der Waals surface area (Å²) in [6.07, 6.45) is 2.01. The van der Waals surface area contributed by atoms with Crippen molar-refractivity contribution in [3.05, 3.63) is 24.3 Å². The fourth-order valence-corrected chi connectivity index (χ4v) is 5.72. The van der Waals surface area contributed by atoms with E-state index >= 15 is 0 Å². The van der Waals surface area contributed by atoms with Crippen molar-refractivity contribution in [2.24, 2.45) is 4.36 Å². The molecule has 2 aliphatic heterocycles. The lowest BCUT2D eigenvalue weighted by Gasteiger charge is -2.26. The molecule has 2 fully saturated rings. The molecule has 0 aliphatic carbocycles. The highest BCUT2D eigenvalue weighted by Gasteiger charge is 2.17. The Labute approximate surface area is 136 Å². The lowest BCUT2D eigenvalue weighted by Crippen LogP contribution is -2.40. The number of rotatable bonds is 2. The molecule has 0 radical (unpaired) electrons. The molecule has 3 rings (SSSR count). The van der Waals surface area contributed by atoms with Gasteiger partial charge in [-0.15, -0.1) is 0 Å². The summed E-state index contributed by atoms with van der Waals surface area (Å²) in [5.74, 6) is 3.41. The molecule has 2 heterocycles. The summed E-state index contributed by atoms with van der Waals surface area (Å²) >= 11 is 1.88. The maximum atomic E-state index is 12.4. The first kappa shape index (κ1) is 15.7. The van der Waals surface area contributed by atoms with Gasteiger partial charge in [0.05, 0.1) is 15.4 Å². The number of urea groups is 1. The van der Waals surface area contributed by atoms with Crippen LogP contribution in [0.25, 0.3) is 0 Å². The van der Waals surface area contributed by atoms with Crippen LogP contribution in [-0.2, 0) is 9.73 Å². The summed E-state index contributed by atoms with van der Waals surface area (Å²) in [6, 6.07) is 7.26. The van der Waals surface area contributed by atoms with Gasteiger partial charge in [-0.25, -0.2) is 9.00 Å². The van der Waals surface area contributed by atoms with Crippen LogP contribution in [0.3, 0.4) is 0 Å². The van der Waals surface area contributed by atoms with Crippen molar-refractivity contribution >= 4 is 38.9 Å². The fourth-order valence-electron chi connectivity index (χ4n) is 2.62. The van der Waals surface area contributed by atoms with Crippen LogP contribution in [0.1, 0.15) is 12.8 Å². The van der Waals surface area contributed by atoms with Crippen LogP contribution < -0.4 is 5.32 Å². The van der Waals surface area contributed by atoms with Crippen molar-refractivity contribution in [2.75, 3.05) is 41.4 Å². The SMILES string of the molecule is O=C(Nc1ccc(N=S2(=O)CCCC2)cc1)N1CCSCC1. The molecule has 1 aromatic rings. The molecule has 1 aromatic carbocycles. The second-order valence-corrected chi connectivity index (χ2v) is 9.32. The third-order valence-corrected chi connectivity index (χ3v) is 7.20. The van der Waals surface area contributed by atoms with Crippen molar-refractivity contribution in [3.8, 4) is 0 Å². The van der Waals surface area contributed by atoms with Crippen molar-refractivity contribution in [3.63, 3.8) is 0 Å². The Balaban J connectivity index is 1.64. The Kier molecular flexibility index (Phi) is 4.93. The van der Waals surface area contributed by atoms with E-state index in [1.807, 2.05) is 40.9 Å². The Morgan fingerprint density at radius 1 is 1.14 bits per heavy atom. The molecule has 0 unspecified atom stereocenters. The molecule has 2 aliphatic rings. The Morgan fingerprint density at radius 3 is 2.41 bits per heavy atom. The van der Waals surface area contributed by atoms with Crippen LogP contribution in [0.5, 0.6) is 0 Å². The molecule has 0 atom stereocenters. The molecule has 1 N–H and O–H groups in total. The van der Waals surface area contributed by atoms with E-state index in [2.05, 4.69) is 9.68 Å². The molecule has 0 bridgehead atoms. The molecule has 5 nitrogen and oxygen atoms in total. The van der Waals surface area contributed by atoms with Crippen LogP contribution in [0.4, 0.5) is 16.2 Å². The predicted molar refractivity (Wildman–Crippen MR) is 93.6 cm³/mol. The highest BCUT2D eigenvalue weighted by molar-refractivity contribution is 7.99. The van der Waals surface area contributed by atoms with Gasteiger partial charge in [-0.05, 0) is 37.1 Å². The zero-order valence-electron chi connectivity index (χ0n) is 12.5. The van der Waals surface area contributed by atoms with Crippen LogP contribution in [-0.4, -0.2) is 51.2 Å². The Bertz CT molecular complexity index is 633. The lowest BCUT2D eigenvalue weighted by molar-refractivity contribution is 0.217. The molecule has 7 heteroatoms.